The van der Waals surface area contributed by atoms with Gasteiger partial charge >= 0.3 is 59.1 Å². The van der Waals surface area contributed by atoms with Crippen molar-refractivity contribution in [2.75, 3.05) is 0 Å². The van der Waals surface area contributed by atoms with E-state index in [0.29, 0.717) is 28.5 Å². The summed E-state index contributed by atoms with van der Waals surface area (Å²) in [5, 5.41) is 8.52. The molecule has 0 saturated carbocycles. The fraction of sp³-hybridized carbons (Fsp3) is 0. The zero-order valence-corrected chi connectivity index (χ0v) is 21.2. The Morgan fingerprint density at radius 1 is 0.800 bits per heavy atom. The Hall–Kier alpha value is -1.49. The predicted octanol–water partition coefficient (Wildman–Crippen LogP) is -3.02. The second-order valence-electron chi connectivity index (χ2n) is 5.81. The van der Waals surface area contributed by atoms with Crippen molar-refractivity contribution in [3.8, 4) is 34.0 Å². The summed E-state index contributed by atoms with van der Waals surface area (Å²) in [6.07, 6.45) is 1.63. The maximum absolute atomic E-state index is 11.2. The smallest absolute Gasteiger partial charge is 0.744 e. The van der Waals surface area contributed by atoms with Crippen molar-refractivity contribution >= 4 is 10.1 Å². The molecular formula is C20H12N4Na2O3S. The first-order valence-corrected chi connectivity index (χ1v) is 9.62. The minimum atomic E-state index is -4.53. The minimum absolute atomic E-state index is 0. The summed E-state index contributed by atoms with van der Waals surface area (Å²) in [6.45, 7) is 0. The van der Waals surface area contributed by atoms with Crippen molar-refractivity contribution in [1.82, 2.24) is 20.2 Å². The van der Waals surface area contributed by atoms with E-state index in [1.165, 1.54) is 24.3 Å². The van der Waals surface area contributed by atoms with E-state index < -0.39 is 10.1 Å². The third kappa shape index (κ3) is 5.60. The van der Waals surface area contributed by atoms with Gasteiger partial charge in [-0.05, 0) is 24.3 Å². The molecule has 10 heteroatoms. The molecule has 0 aliphatic heterocycles. The van der Waals surface area contributed by atoms with Crippen molar-refractivity contribution in [3.63, 3.8) is 0 Å². The van der Waals surface area contributed by atoms with E-state index in [-0.39, 0.29) is 64.0 Å². The number of pyridine rings is 1. The number of hydrogen-bond acceptors (Lipinski definition) is 7. The monoisotopic (exact) mass is 434 g/mol. The molecule has 4 aromatic rings. The Balaban J connectivity index is 0.00000160. The van der Waals surface area contributed by atoms with Gasteiger partial charge in [0.15, 0.2) is 0 Å². The van der Waals surface area contributed by atoms with Gasteiger partial charge in [0.1, 0.15) is 15.8 Å². The molecule has 4 rings (SSSR count). The third-order valence-electron chi connectivity index (χ3n) is 3.99. The Labute approximate surface area is 218 Å². The van der Waals surface area contributed by atoms with Gasteiger partial charge in [0, 0.05) is 11.8 Å². The number of aromatic nitrogens is 4. The number of rotatable bonds is 4. The molecule has 7 nitrogen and oxygen atoms in total. The first-order chi connectivity index (χ1) is 13.5. The molecule has 0 aliphatic rings. The van der Waals surface area contributed by atoms with Gasteiger partial charge in [0.2, 0.25) is 5.82 Å². The maximum atomic E-state index is 11.2. The molecule has 0 atom stereocenters. The Morgan fingerprint density at radius 3 is 2.07 bits per heavy atom. The van der Waals surface area contributed by atoms with Crippen LogP contribution in [0.1, 0.15) is 0 Å². The van der Waals surface area contributed by atoms with Crippen LogP contribution in [-0.4, -0.2) is 33.1 Å². The van der Waals surface area contributed by atoms with Gasteiger partial charge < -0.3 is 4.55 Å². The van der Waals surface area contributed by atoms with Crippen LogP contribution in [0.15, 0.2) is 77.8 Å². The molecule has 138 valence electrons. The first-order valence-electron chi connectivity index (χ1n) is 8.21. The number of nitrogens with zero attached hydrogens (tertiary/aromatic N) is 4. The summed E-state index contributed by atoms with van der Waals surface area (Å²) < 4.78 is 33.6. The average molecular weight is 434 g/mol. The van der Waals surface area contributed by atoms with Crippen LogP contribution >= 0.6 is 0 Å². The largest absolute Gasteiger partial charge is 1.00 e. The van der Waals surface area contributed by atoms with Gasteiger partial charge in [-0.2, -0.15) is 30.3 Å². The van der Waals surface area contributed by atoms with E-state index >= 15 is 0 Å². The van der Waals surface area contributed by atoms with Crippen molar-refractivity contribution in [1.29, 1.82) is 0 Å². The van der Waals surface area contributed by atoms with Gasteiger partial charge in [-0.15, -0.1) is 15.8 Å². The van der Waals surface area contributed by atoms with E-state index in [2.05, 4.69) is 26.2 Å². The summed E-state index contributed by atoms with van der Waals surface area (Å²) >= 11 is 0. The summed E-state index contributed by atoms with van der Waals surface area (Å²) in [5.74, 6) is 0.336. The Bertz CT molecular complexity index is 1220. The molecule has 0 bridgehead atoms. The normalized spacial score (nSPS) is 10.6. The van der Waals surface area contributed by atoms with Gasteiger partial charge in [-0.25, -0.2) is 13.4 Å². The van der Waals surface area contributed by atoms with Gasteiger partial charge in [-0.1, -0.05) is 18.2 Å². The molecule has 0 unspecified atom stereocenters. The van der Waals surface area contributed by atoms with E-state index in [0.717, 1.165) is 5.56 Å². The van der Waals surface area contributed by atoms with Crippen LogP contribution in [0.4, 0.5) is 0 Å². The van der Waals surface area contributed by atoms with Crippen LogP contribution in [0.5, 0.6) is 0 Å². The molecule has 0 N–H and O–H groups in total. The second-order valence-corrected chi connectivity index (χ2v) is 7.19. The number of hydrogen-bond donors (Lipinski definition) is 0. The topological polar surface area (TPSA) is 109 Å². The summed E-state index contributed by atoms with van der Waals surface area (Å²) in [7, 11) is -4.53. The second kappa shape index (κ2) is 10.7. The van der Waals surface area contributed by atoms with Gasteiger partial charge in [0.05, 0.1) is 16.3 Å². The van der Waals surface area contributed by atoms with E-state index in [4.69, 9.17) is 0 Å². The molecule has 2 aromatic carbocycles. The van der Waals surface area contributed by atoms with Crippen LogP contribution < -0.4 is 59.1 Å². The quantitative estimate of drug-likeness (QED) is 0.191. The Kier molecular flexibility index (Phi) is 8.84. The van der Waals surface area contributed by atoms with Crippen LogP contribution in [0.3, 0.4) is 0 Å². The van der Waals surface area contributed by atoms with E-state index in [1.54, 1.807) is 30.5 Å². The van der Waals surface area contributed by atoms with Gasteiger partial charge in [0.25, 0.3) is 0 Å². The van der Waals surface area contributed by atoms with Crippen LogP contribution in [0.2, 0.25) is 0 Å². The molecular weight excluding hydrogens is 422 g/mol. The fourth-order valence-corrected chi connectivity index (χ4v) is 3.12. The zero-order chi connectivity index (χ0) is 19.6. The summed E-state index contributed by atoms with van der Waals surface area (Å²) in [6, 6.07) is 21.0. The predicted molar refractivity (Wildman–Crippen MR) is 101 cm³/mol. The maximum Gasteiger partial charge on any atom is 1.00 e. The third-order valence-corrected chi connectivity index (χ3v) is 4.84. The van der Waals surface area contributed by atoms with Crippen molar-refractivity contribution < 1.29 is 72.1 Å². The fourth-order valence-electron chi connectivity index (χ4n) is 2.65. The molecule has 0 radical (unpaired) electrons. The number of benzene rings is 2. The molecule has 0 saturated heterocycles. The Morgan fingerprint density at radius 2 is 1.47 bits per heavy atom. The zero-order valence-electron chi connectivity index (χ0n) is 16.4. The molecule has 0 fully saturated rings. The van der Waals surface area contributed by atoms with Crippen molar-refractivity contribution in [2.24, 2.45) is 0 Å². The summed E-state index contributed by atoms with van der Waals surface area (Å²) in [4.78, 5) is 8.54. The molecule has 2 heterocycles. The van der Waals surface area contributed by atoms with Crippen LogP contribution in [0, 0.1) is 6.07 Å². The van der Waals surface area contributed by atoms with Crippen LogP contribution in [-0.2, 0) is 10.1 Å². The molecule has 0 aliphatic carbocycles. The first kappa shape index (κ1) is 24.8. The SMILES string of the molecule is O=S(=O)([O-])c1ccc(-c2nc(-c3ccccn3)nnc2-c2cc[c-]cc2)cc1.[Na+].[Na+]. The molecule has 30 heavy (non-hydrogen) atoms. The van der Waals surface area contributed by atoms with Crippen molar-refractivity contribution in [2.45, 2.75) is 4.90 Å². The molecule has 0 spiro atoms. The summed E-state index contributed by atoms with van der Waals surface area (Å²) in [5.41, 5.74) is 2.95. The van der Waals surface area contributed by atoms with E-state index in [9.17, 15) is 13.0 Å². The van der Waals surface area contributed by atoms with Crippen molar-refractivity contribution in [3.05, 3.63) is 79.0 Å². The average Bonchev–Trinajstić information content (AvgIpc) is 2.74. The standard InChI is InChI=1S/C20H13N4O3S.2Na/c25-28(26,27)16-11-9-15(10-12-16)18-19(14-6-2-1-3-7-14)23-24-20(22-18)17-8-4-5-13-21-17;;/h2-13H,(H,25,26,27);;/q-1;2*+1/p-1. The molecule has 2 aromatic heterocycles. The van der Waals surface area contributed by atoms with Crippen LogP contribution in [0.25, 0.3) is 34.0 Å². The van der Waals surface area contributed by atoms with E-state index in [1.807, 2.05) is 18.2 Å². The van der Waals surface area contributed by atoms with Gasteiger partial charge in [-0.3, -0.25) is 4.98 Å². The minimum Gasteiger partial charge on any atom is -0.744 e. The molecule has 0 amide bonds.